The van der Waals surface area contributed by atoms with Gasteiger partial charge in [-0.1, -0.05) is 18.2 Å². The van der Waals surface area contributed by atoms with Crippen molar-refractivity contribution in [3.8, 4) is 22.5 Å². The van der Waals surface area contributed by atoms with Crippen molar-refractivity contribution in [1.29, 1.82) is 0 Å². The number of benzene rings is 3. The van der Waals surface area contributed by atoms with Crippen LogP contribution in [0.25, 0.3) is 33.4 Å². The summed E-state index contributed by atoms with van der Waals surface area (Å²) in [5.41, 5.74) is 7.66. The van der Waals surface area contributed by atoms with Crippen LogP contribution >= 0.6 is 0 Å². The largest absolute Gasteiger partial charge is 0.456 e. The van der Waals surface area contributed by atoms with Crippen LogP contribution in [-0.2, 0) is 0 Å². The van der Waals surface area contributed by atoms with E-state index < -0.39 is 0 Å². The number of piperidine rings is 1. The van der Waals surface area contributed by atoms with Crippen molar-refractivity contribution in [2.24, 2.45) is 10.9 Å². The van der Waals surface area contributed by atoms with E-state index in [1.165, 1.54) is 0 Å². The molecule has 2 aromatic carbocycles. The number of fused-ring (bicyclic) bond motifs is 2. The lowest BCUT2D eigenvalue weighted by Gasteiger charge is -2.23. The quantitative estimate of drug-likeness (QED) is 0.270. The van der Waals surface area contributed by atoms with Gasteiger partial charge in [-0.2, -0.15) is 0 Å². The summed E-state index contributed by atoms with van der Waals surface area (Å²) in [4.78, 5) is 18.3. The maximum atomic E-state index is 13.6. The molecule has 2 aromatic rings. The van der Waals surface area contributed by atoms with Crippen molar-refractivity contribution in [3.63, 3.8) is 0 Å². The number of carbonyl (C=O) groups excluding carboxylic acids is 1. The number of rotatable bonds is 7. The molecule has 0 radical (unpaired) electrons. The monoisotopic (exact) mass is 510 g/mol. The van der Waals surface area contributed by atoms with Crippen molar-refractivity contribution in [2.75, 3.05) is 38.0 Å². The molecule has 2 aliphatic heterocycles. The Balaban J connectivity index is 1.70. The third-order valence-electron chi connectivity index (χ3n) is 7.53. The molecule has 3 aliphatic rings. The molecule has 0 saturated carbocycles. The zero-order chi connectivity index (χ0) is 26.6. The molecule has 0 atom stereocenters. The van der Waals surface area contributed by atoms with E-state index in [2.05, 4.69) is 66.0 Å². The first-order valence-corrected chi connectivity index (χ1v) is 13.8. The van der Waals surface area contributed by atoms with E-state index in [0.717, 1.165) is 88.1 Å². The van der Waals surface area contributed by atoms with Crippen LogP contribution in [0, 0.1) is 19.8 Å². The molecule has 6 heteroatoms. The lowest BCUT2D eigenvalue weighted by atomic mass is 9.89. The highest BCUT2D eigenvalue weighted by Crippen LogP contribution is 2.42. The van der Waals surface area contributed by atoms with E-state index in [-0.39, 0.29) is 5.91 Å². The summed E-state index contributed by atoms with van der Waals surface area (Å²) in [6, 6.07) is 16.4. The Labute approximate surface area is 224 Å². The summed E-state index contributed by atoms with van der Waals surface area (Å²) >= 11 is 0. The second kappa shape index (κ2) is 11.4. The third-order valence-corrected chi connectivity index (χ3v) is 7.53. The molecule has 38 heavy (non-hydrogen) atoms. The van der Waals surface area contributed by atoms with Crippen LogP contribution in [0.1, 0.15) is 48.2 Å². The lowest BCUT2D eigenvalue weighted by molar-refractivity contribution is 0.0945. The normalized spacial score (nSPS) is 14.8. The van der Waals surface area contributed by atoms with Gasteiger partial charge in [0, 0.05) is 59.5 Å². The van der Waals surface area contributed by atoms with E-state index in [0.29, 0.717) is 24.6 Å². The van der Waals surface area contributed by atoms with Crippen LogP contribution in [0.2, 0.25) is 0 Å². The number of amides is 1. The molecule has 3 N–H and O–H groups in total. The Morgan fingerprint density at radius 1 is 1.03 bits per heavy atom. The van der Waals surface area contributed by atoms with Gasteiger partial charge < -0.3 is 20.4 Å². The summed E-state index contributed by atoms with van der Waals surface area (Å²) < 4.78 is 6.51. The summed E-state index contributed by atoms with van der Waals surface area (Å²) in [6.07, 6.45) is 2.18. The molecule has 1 amide bonds. The van der Waals surface area contributed by atoms with Gasteiger partial charge in [0.25, 0.3) is 5.91 Å². The first-order valence-electron chi connectivity index (χ1n) is 13.8. The maximum absolute atomic E-state index is 13.6. The van der Waals surface area contributed by atoms with Gasteiger partial charge in [-0.05, 0) is 94.4 Å². The number of hydrogen-bond donors (Lipinski definition) is 3. The van der Waals surface area contributed by atoms with E-state index in [1.807, 2.05) is 31.2 Å². The molecular formula is C32H38N4O2. The highest BCUT2D eigenvalue weighted by molar-refractivity contribution is 6.09. The molecule has 0 aromatic heterocycles. The number of hydrogen-bond acceptors (Lipinski definition) is 5. The first-order chi connectivity index (χ1) is 18.5. The highest BCUT2D eigenvalue weighted by atomic mass is 16.3. The molecule has 1 saturated heterocycles. The molecule has 198 valence electrons. The van der Waals surface area contributed by atoms with Crippen LogP contribution in [0.5, 0.6) is 0 Å². The number of nitrogens with zero attached hydrogens (tertiary/aromatic N) is 1. The minimum atomic E-state index is -0.0310. The van der Waals surface area contributed by atoms with E-state index in [9.17, 15) is 4.79 Å². The van der Waals surface area contributed by atoms with Crippen LogP contribution in [-0.4, -0.2) is 38.6 Å². The average molecular weight is 511 g/mol. The number of carbonyl (C=O) groups is 1. The zero-order valence-electron chi connectivity index (χ0n) is 22.9. The van der Waals surface area contributed by atoms with Gasteiger partial charge in [-0.25, -0.2) is 0 Å². The number of nitrogens with one attached hydrogen (secondary N) is 3. The molecule has 1 aliphatic carbocycles. The fourth-order valence-corrected chi connectivity index (χ4v) is 5.52. The van der Waals surface area contributed by atoms with E-state index in [1.54, 1.807) is 0 Å². The second-order valence-electron chi connectivity index (χ2n) is 10.2. The van der Waals surface area contributed by atoms with Gasteiger partial charge in [0.15, 0.2) is 0 Å². The van der Waals surface area contributed by atoms with Crippen molar-refractivity contribution in [1.82, 2.24) is 10.6 Å². The SMILES string of the molecule is CCN=c1cc2oc3cc(NCC)c(C)cc3c(-c3ccccc3C(=O)NCC3CCNCC3)c-2cc1C. The number of anilines is 1. The van der Waals surface area contributed by atoms with Crippen molar-refractivity contribution in [3.05, 3.63) is 70.6 Å². The smallest absolute Gasteiger partial charge is 0.251 e. The van der Waals surface area contributed by atoms with Gasteiger partial charge >= 0.3 is 0 Å². The zero-order valence-corrected chi connectivity index (χ0v) is 22.9. The second-order valence-corrected chi connectivity index (χ2v) is 10.2. The minimum absolute atomic E-state index is 0.0310. The molecule has 0 bridgehead atoms. The van der Waals surface area contributed by atoms with Crippen molar-refractivity contribution in [2.45, 2.75) is 40.5 Å². The fourth-order valence-electron chi connectivity index (χ4n) is 5.52. The Kier molecular flexibility index (Phi) is 7.79. The molecule has 0 unspecified atom stereocenters. The summed E-state index contributed by atoms with van der Waals surface area (Å²) in [6.45, 7) is 12.6. The fraction of sp³-hybridized carbons (Fsp3) is 0.375. The Bertz CT molecular complexity index is 1500. The topological polar surface area (TPSA) is 78.7 Å². The molecule has 6 nitrogen and oxygen atoms in total. The Morgan fingerprint density at radius 3 is 2.58 bits per heavy atom. The highest BCUT2D eigenvalue weighted by Gasteiger charge is 2.23. The van der Waals surface area contributed by atoms with E-state index in [4.69, 9.17) is 4.42 Å². The van der Waals surface area contributed by atoms with Crippen LogP contribution in [0.3, 0.4) is 0 Å². The Morgan fingerprint density at radius 2 is 1.82 bits per heavy atom. The predicted molar refractivity (Wildman–Crippen MR) is 156 cm³/mol. The van der Waals surface area contributed by atoms with Crippen LogP contribution in [0.4, 0.5) is 5.69 Å². The lowest BCUT2D eigenvalue weighted by Crippen LogP contribution is -2.36. The molecule has 1 fully saturated rings. The average Bonchev–Trinajstić information content (AvgIpc) is 2.93. The summed E-state index contributed by atoms with van der Waals surface area (Å²) in [7, 11) is 0. The van der Waals surface area contributed by atoms with Gasteiger partial charge in [-0.15, -0.1) is 0 Å². The molecule has 2 heterocycles. The first kappa shape index (κ1) is 26.0. The van der Waals surface area contributed by atoms with Crippen molar-refractivity contribution >= 4 is 22.6 Å². The summed E-state index contributed by atoms with van der Waals surface area (Å²) in [5, 5.41) is 12.0. The van der Waals surface area contributed by atoms with E-state index >= 15 is 0 Å². The molecule has 5 rings (SSSR count). The molecule has 0 spiro atoms. The van der Waals surface area contributed by atoms with Gasteiger partial charge in [0.1, 0.15) is 11.3 Å². The summed E-state index contributed by atoms with van der Waals surface area (Å²) in [5.74, 6) is 1.25. The number of aryl methyl sites for hydroxylation is 2. The van der Waals surface area contributed by atoms with Gasteiger partial charge in [-0.3, -0.25) is 9.79 Å². The Hall–Kier alpha value is -3.64. The standard InChI is InChI=1S/C32H38N4O2/c1-5-34-27-17-29-25(15-20(27)3)31(26-16-21(4)28(35-6-2)18-30(26)38-29)23-9-7-8-10-24(23)32(37)36-19-22-11-13-33-14-12-22/h7-10,15-18,22,33-34H,5-6,11-14,19H2,1-4H3,(H,36,37). The van der Waals surface area contributed by atoms with Crippen LogP contribution in [0.15, 0.2) is 57.9 Å². The molecular weight excluding hydrogens is 472 g/mol. The maximum Gasteiger partial charge on any atom is 0.251 e. The van der Waals surface area contributed by atoms with Gasteiger partial charge in [0.2, 0.25) is 0 Å². The minimum Gasteiger partial charge on any atom is -0.456 e. The van der Waals surface area contributed by atoms with Gasteiger partial charge in [0.05, 0.1) is 5.36 Å². The predicted octanol–water partition coefficient (Wildman–Crippen LogP) is 5.90. The van der Waals surface area contributed by atoms with Crippen molar-refractivity contribution < 1.29 is 9.21 Å². The third kappa shape index (κ3) is 5.18. The van der Waals surface area contributed by atoms with Crippen LogP contribution < -0.4 is 21.3 Å².